The van der Waals surface area contributed by atoms with Gasteiger partial charge in [0.2, 0.25) is 0 Å². The van der Waals surface area contributed by atoms with E-state index in [-0.39, 0.29) is 0 Å². The van der Waals surface area contributed by atoms with Gasteiger partial charge in [-0.3, -0.25) is 0 Å². The van der Waals surface area contributed by atoms with Crippen LogP contribution in [0.15, 0.2) is 0 Å². The van der Waals surface area contributed by atoms with Crippen molar-refractivity contribution in [1.82, 2.24) is 4.90 Å². The predicted octanol–water partition coefficient (Wildman–Crippen LogP) is 2.66. The maximum Gasteiger partial charge on any atom is 0.106 e. The largest absolute Gasteiger partial charge is 0.313 e. The molecule has 3 nitrogen and oxygen atoms in total. The summed E-state index contributed by atoms with van der Waals surface area (Å²) in [6, 6.07) is 2.24. The molecule has 1 fully saturated rings. The van der Waals surface area contributed by atoms with E-state index in [0.717, 1.165) is 25.9 Å². The molecule has 0 aliphatic carbocycles. The lowest BCUT2D eigenvalue weighted by molar-refractivity contribution is 0.185. The van der Waals surface area contributed by atoms with Crippen LogP contribution in [0.3, 0.4) is 0 Å². The summed E-state index contributed by atoms with van der Waals surface area (Å²) in [4.78, 5) is 2.46. The smallest absolute Gasteiger partial charge is 0.106 e. The SMILES string of the molecule is CCCCCCCCN1CCC(N)(C#N)CC1. The number of hydrogen-bond acceptors (Lipinski definition) is 3. The monoisotopic (exact) mass is 237 g/mol. The Morgan fingerprint density at radius 3 is 2.29 bits per heavy atom. The molecule has 1 aliphatic rings. The molecule has 3 heteroatoms. The van der Waals surface area contributed by atoms with Crippen LogP contribution in [0.2, 0.25) is 0 Å². The molecule has 0 aromatic heterocycles. The molecule has 0 aromatic rings. The van der Waals surface area contributed by atoms with E-state index in [4.69, 9.17) is 11.0 Å². The van der Waals surface area contributed by atoms with Crippen LogP contribution in [0.25, 0.3) is 0 Å². The van der Waals surface area contributed by atoms with Gasteiger partial charge in [0.25, 0.3) is 0 Å². The van der Waals surface area contributed by atoms with Gasteiger partial charge in [-0.25, -0.2) is 0 Å². The van der Waals surface area contributed by atoms with Gasteiger partial charge in [0, 0.05) is 13.1 Å². The van der Waals surface area contributed by atoms with Gasteiger partial charge >= 0.3 is 0 Å². The third kappa shape index (κ3) is 5.52. The second kappa shape index (κ2) is 7.68. The normalized spacial score (nSPS) is 20.1. The number of rotatable bonds is 7. The molecule has 0 radical (unpaired) electrons. The molecule has 0 amide bonds. The van der Waals surface area contributed by atoms with Gasteiger partial charge in [-0.05, 0) is 25.8 Å². The van der Waals surface area contributed by atoms with Crippen LogP contribution >= 0.6 is 0 Å². The number of unbranched alkanes of at least 4 members (excludes halogenated alkanes) is 5. The van der Waals surface area contributed by atoms with Crippen molar-refractivity contribution >= 4 is 0 Å². The summed E-state index contributed by atoms with van der Waals surface area (Å²) < 4.78 is 0. The summed E-state index contributed by atoms with van der Waals surface area (Å²) in [6.07, 6.45) is 9.77. The number of nitriles is 1. The Labute approximate surface area is 106 Å². The number of piperidine rings is 1. The van der Waals surface area contributed by atoms with E-state index in [1.807, 2.05) is 0 Å². The zero-order valence-electron chi connectivity index (χ0n) is 11.2. The Hall–Kier alpha value is -0.590. The van der Waals surface area contributed by atoms with E-state index >= 15 is 0 Å². The summed E-state index contributed by atoms with van der Waals surface area (Å²) in [7, 11) is 0. The zero-order chi connectivity index (χ0) is 12.6. The number of nitrogens with zero attached hydrogens (tertiary/aromatic N) is 2. The van der Waals surface area contributed by atoms with Crippen LogP contribution < -0.4 is 5.73 Å². The topological polar surface area (TPSA) is 53.0 Å². The molecule has 98 valence electrons. The van der Waals surface area contributed by atoms with Crippen molar-refractivity contribution in [2.45, 2.75) is 63.8 Å². The summed E-state index contributed by atoms with van der Waals surface area (Å²) >= 11 is 0. The first-order valence-electron chi connectivity index (χ1n) is 7.13. The third-order valence-electron chi connectivity index (χ3n) is 3.80. The number of nitrogens with two attached hydrogens (primary N) is 1. The molecule has 1 rings (SSSR count). The van der Waals surface area contributed by atoms with E-state index in [2.05, 4.69) is 17.9 Å². The lowest BCUT2D eigenvalue weighted by atomic mass is 9.90. The minimum absolute atomic E-state index is 0.544. The van der Waals surface area contributed by atoms with E-state index in [9.17, 15) is 0 Å². The Morgan fingerprint density at radius 1 is 1.12 bits per heavy atom. The maximum absolute atomic E-state index is 8.94. The van der Waals surface area contributed by atoms with Gasteiger partial charge < -0.3 is 10.6 Å². The van der Waals surface area contributed by atoms with E-state index in [0.29, 0.717) is 0 Å². The molecular weight excluding hydrogens is 210 g/mol. The Balaban J connectivity index is 2.01. The average molecular weight is 237 g/mol. The van der Waals surface area contributed by atoms with E-state index < -0.39 is 5.54 Å². The van der Waals surface area contributed by atoms with Gasteiger partial charge in [0.15, 0.2) is 0 Å². The first-order valence-corrected chi connectivity index (χ1v) is 7.13. The van der Waals surface area contributed by atoms with E-state index in [1.165, 1.54) is 45.1 Å². The lowest BCUT2D eigenvalue weighted by Gasteiger charge is -2.34. The molecule has 1 aliphatic heterocycles. The van der Waals surface area contributed by atoms with Crippen molar-refractivity contribution in [2.75, 3.05) is 19.6 Å². The van der Waals surface area contributed by atoms with Gasteiger partial charge in [-0.15, -0.1) is 0 Å². The van der Waals surface area contributed by atoms with Gasteiger partial charge in [-0.1, -0.05) is 39.0 Å². The van der Waals surface area contributed by atoms with Crippen molar-refractivity contribution in [3.63, 3.8) is 0 Å². The molecule has 0 spiro atoms. The maximum atomic E-state index is 8.94. The molecule has 0 unspecified atom stereocenters. The van der Waals surface area contributed by atoms with Crippen molar-refractivity contribution in [3.8, 4) is 6.07 Å². The van der Waals surface area contributed by atoms with Crippen molar-refractivity contribution < 1.29 is 0 Å². The van der Waals surface area contributed by atoms with Crippen LogP contribution in [0.4, 0.5) is 0 Å². The Kier molecular flexibility index (Phi) is 6.54. The minimum Gasteiger partial charge on any atom is -0.313 e. The number of likely N-dealkylation sites (tertiary alicyclic amines) is 1. The van der Waals surface area contributed by atoms with Crippen LogP contribution in [0, 0.1) is 11.3 Å². The Bertz CT molecular complexity index is 236. The minimum atomic E-state index is -0.544. The van der Waals surface area contributed by atoms with Crippen LogP contribution in [0.5, 0.6) is 0 Å². The van der Waals surface area contributed by atoms with Gasteiger partial charge in [-0.2, -0.15) is 5.26 Å². The summed E-state index contributed by atoms with van der Waals surface area (Å²) in [5.41, 5.74) is 5.40. The average Bonchev–Trinajstić information content (AvgIpc) is 2.36. The van der Waals surface area contributed by atoms with Gasteiger partial charge in [0.1, 0.15) is 5.54 Å². The highest BCUT2D eigenvalue weighted by Crippen LogP contribution is 2.19. The molecule has 0 saturated carbocycles. The summed E-state index contributed by atoms with van der Waals surface area (Å²) in [6.45, 7) is 5.44. The molecule has 2 N–H and O–H groups in total. The Morgan fingerprint density at radius 2 is 1.71 bits per heavy atom. The second-order valence-corrected chi connectivity index (χ2v) is 5.38. The first kappa shape index (κ1) is 14.5. The number of hydrogen-bond donors (Lipinski definition) is 1. The highest BCUT2D eigenvalue weighted by atomic mass is 15.1. The highest BCUT2D eigenvalue weighted by Gasteiger charge is 2.29. The van der Waals surface area contributed by atoms with Crippen molar-refractivity contribution in [2.24, 2.45) is 5.73 Å². The molecule has 0 atom stereocenters. The third-order valence-corrected chi connectivity index (χ3v) is 3.80. The first-order chi connectivity index (χ1) is 8.20. The molecule has 17 heavy (non-hydrogen) atoms. The molecular formula is C14H27N3. The fourth-order valence-electron chi connectivity index (χ4n) is 2.40. The molecule has 1 saturated heterocycles. The standard InChI is InChI=1S/C14H27N3/c1-2-3-4-5-6-7-10-17-11-8-14(16,13-15)9-12-17/h2-12,16H2,1H3. The fourth-order valence-corrected chi connectivity index (χ4v) is 2.40. The van der Waals surface area contributed by atoms with Gasteiger partial charge in [0.05, 0.1) is 6.07 Å². The highest BCUT2D eigenvalue weighted by molar-refractivity contribution is 5.07. The van der Waals surface area contributed by atoms with Crippen LogP contribution in [-0.4, -0.2) is 30.1 Å². The predicted molar refractivity (Wildman–Crippen MR) is 71.6 cm³/mol. The van der Waals surface area contributed by atoms with Crippen LogP contribution in [0.1, 0.15) is 58.3 Å². The summed E-state index contributed by atoms with van der Waals surface area (Å²) in [5.74, 6) is 0. The second-order valence-electron chi connectivity index (χ2n) is 5.38. The molecule has 0 aromatic carbocycles. The quantitative estimate of drug-likeness (QED) is 0.693. The molecule has 0 bridgehead atoms. The zero-order valence-corrected chi connectivity index (χ0v) is 11.2. The fraction of sp³-hybridized carbons (Fsp3) is 0.929. The van der Waals surface area contributed by atoms with Crippen LogP contribution in [-0.2, 0) is 0 Å². The van der Waals surface area contributed by atoms with E-state index in [1.54, 1.807) is 0 Å². The molecule has 1 heterocycles. The lowest BCUT2D eigenvalue weighted by Crippen LogP contribution is -2.49. The van der Waals surface area contributed by atoms with Crippen molar-refractivity contribution in [1.29, 1.82) is 5.26 Å². The summed E-state index contributed by atoms with van der Waals surface area (Å²) in [5, 5.41) is 8.94. The van der Waals surface area contributed by atoms with Crippen molar-refractivity contribution in [3.05, 3.63) is 0 Å².